The molecule has 1 saturated carbocycles. The Kier molecular flexibility index (Phi) is 4.90. The Balaban J connectivity index is 2.08. The number of hydrogen-bond acceptors (Lipinski definition) is 2. The molecule has 1 aromatic rings. The molecular weight excluding hydrogens is 246 g/mol. The monoisotopic (exact) mass is 277 g/mol. The van der Waals surface area contributed by atoms with Crippen LogP contribution in [-0.4, -0.2) is 22.9 Å². The van der Waals surface area contributed by atoms with Crippen molar-refractivity contribution in [3.8, 4) is 0 Å². The third-order valence-electron chi connectivity index (χ3n) is 4.90. The van der Waals surface area contributed by atoms with E-state index in [1.54, 1.807) is 0 Å². The molecule has 2 rings (SSSR count). The highest BCUT2D eigenvalue weighted by atomic mass is 15.3. The zero-order valence-corrected chi connectivity index (χ0v) is 13.9. The third kappa shape index (κ3) is 3.85. The molecule has 0 aromatic carbocycles. The van der Waals surface area contributed by atoms with Gasteiger partial charge >= 0.3 is 0 Å². The fraction of sp³-hybridized carbons (Fsp3) is 0.824. The van der Waals surface area contributed by atoms with Gasteiger partial charge in [-0.2, -0.15) is 5.10 Å². The van der Waals surface area contributed by atoms with Gasteiger partial charge in [0.2, 0.25) is 0 Å². The van der Waals surface area contributed by atoms with E-state index in [1.165, 1.54) is 37.9 Å². The van der Waals surface area contributed by atoms with E-state index in [1.807, 2.05) is 0 Å². The van der Waals surface area contributed by atoms with Gasteiger partial charge in [-0.1, -0.05) is 20.8 Å². The Morgan fingerprint density at radius 1 is 1.40 bits per heavy atom. The standard InChI is InChI=1S/C17H31N3/c1-6-18-12-14-7-8-17(3,4)11-15(14)10-16-9-13(2)19-20(16)5/h9,14-15,18H,6-8,10-12H2,1-5H3. The van der Waals surface area contributed by atoms with Gasteiger partial charge in [0.05, 0.1) is 5.69 Å². The maximum absolute atomic E-state index is 4.50. The number of aryl methyl sites for hydroxylation is 2. The summed E-state index contributed by atoms with van der Waals surface area (Å²) in [6.45, 7) is 11.4. The van der Waals surface area contributed by atoms with Crippen LogP contribution in [0.3, 0.4) is 0 Å². The predicted octanol–water partition coefficient (Wildman–Crippen LogP) is 3.32. The third-order valence-corrected chi connectivity index (χ3v) is 4.90. The topological polar surface area (TPSA) is 29.9 Å². The summed E-state index contributed by atoms with van der Waals surface area (Å²) in [6, 6.07) is 2.26. The van der Waals surface area contributed by atoms with Crippen LogP contribution in [0.2, 0.25) is 0 Å². The smallest absolute Gasteiger partial charge is 0.0596 e. The minimum Gasteiger partial charge on any atom is -0.317 e. The first-order valence-electron chi connectivity index (χ1n) is 8.11. The molecular formula is C17H31N3. The summed E-state index contributed by atoms with van der Waals surface area (Å²) in [7, 11) is 2.08. The molecule has 114 valence electrons. The number of hydrogen-bond donors (Lipinski definition) is 1. The van der Waals surface area contributed by atoms with Crippen molar-refractivity contribution in [2.24, 2.45) is 24.3 Å². The molecule has 3 nitrogen and oxygen atoms in total. The summed E-state index contributed by atoms with van der Waals surface area (Å²) < 4.78 is 2.07. The van der Waals surface area contributed by atoms with Crippen LogP contribution in [-0.2, 0) is 13.5 Å². The Morgan fingerprint density at radius 3 is 2.75 bits per heavy atom. The van der Waals surface area contributed by atoms with Crippen LogP contribution in [0.1, 0.15) is 51.4 Å². The van der Waals surface area contributed by atoms with Crippen LogP contribution >= 0.6 is 0 Å². The Hall–Kier alpha value is -0.830. The van der Waals surface area contributed by atoms with Gasteiger partial charge in [0, 0.05) is 12.7 Å². The zero-order valence-electron chi connectivity index (χ0n) is 13.9. The first-order valence-corrected chi connectivity index (χ1v) is 8.11. The number of nitrogens with one attached hydrogen (secondary N) is 1. The molecule has 0 aliphatic heterocycles. The quantitative estimate of drug-likeness (QED) is 0.894. The Morgan fingerprint density at radius 2 is 2.15 bits per heavy atom. The van der Waals surface area contributed by atoms with Crippen molar-refractivity contribution in [3.63, 3.8) is 0 Å². The second kappa shape index (κ2) is 6.30. The van der Waals surface area contributed by atoms with Crippen LogP contribution in [0.5, 0.6) is 0 Å². The van der Waals surface area contributed by atoms with E-state index in [0.29, 0.717) is 5.41 Å². The average molecular weight is 277 g/mol. The summed E-state index contributed by atoms with van der Waals surface area (Å²) in [5.74, 6) is 1.60. The molecule has 0 spiro atoms. The van der Waals surface area contributed by atoms with Crippen molar-refractivity contribution in [1.82, 2.24) is 15.1 Å². The van der Waals surface area contributed by atoms with Crippen molar-refractivity contribution in [1.29, 1.82) is 0 Å². The van der Waals surface area contributed by atoms with Gasteiger partial charge in [-0.05, 0) is 69.0 Å². The molecule has 0 radical (unpaired) electrons. The van der Waals surface area contributed by atoms with E-state index in [2.05, 4.69) is 55.9 Å². The summed E-state index contributed by atoms with van der Waals surface area (Å²) in [5, 5.41) is 8.06. The van der Waals surface area contributed by atoms with Gasteiger partial charge in [0.15, 0.2) is 0 Å². The first kappa shape index (κ1) is 15.6. The van der Waals surface area contributed by atoms with Crippen molar-refractivity contribution in [3.05, 3.63) is 17.5 Å². The minimum atomic E-state index is 0.501. The highest BCUT2D eigenvalue weighted by Gasteiger charge is 2.34. The second-order valence-corrected chi connectivity index (χ2v) is 7.34. The molecule has 1 fully saturated rings. The lowest BCUT2D eigenvalue weighted by Crippen LogP contribution is -2.37. The maximum atomic E-state index is 4.50. The Bertz CT molecular complexity index is 433. The number of aromatic nitrogens is 2. The van der Waals surface area contributed by atoms with Crippen LogP contribution in [0.15, 0.2) is 6.07 Å². The molecule has 2 unspecified atom stereocenters. The van der Waals surface area contributed by atoms with E-state index in [9.17, 15) is 0 Å². The fourth-order valence-electron chi connectivity index (χ4n) is 3.75. The van der Waals surface area contributed by atoms with Gasteiger partial charge in [-0.15, -0.1) is 0 Å². The van der Waals surface area contributed by atoms with Crippen LogP contribution < -0.4 is 5.32 Å². The van der Waals surface area contributed by atoms with Crippen LogP contribution in [0, 0.1) is 24.2 Å². The molecule has 0 saturated heterocycles. The van der Waals surface area contributed by atoms with Crippen molar-refractivity contribution < 1.29 is 0 Å². The van der Waals surface area contributed by atoms with Crippen molar-refractivity contribution >= 4 is 0 Å². The first-order chi connectivity index (χ1) is 9.41. The average Bonchev–Trinajstić information content (AvgIpc) is 2.66. The normalized spacial score (nSPS) is 25.9. The summed E-state index contributed by atoms with van der Waals surface area (Å²) in [6.07, 6.45) is 5.25. The lowest BCUT2D eigenvalue weighted by atomic mass is 9.66. The molecule has 2 atom stereocenters. The van der Waals surface area contributed by atoms with Crippen LogP contribution in [0.25, 0.3) is 0 Å². The maximum Gasteiger partial charge on any atom is 0.0596 e. The Labute approximate surface area is 124 Å². The molecule has 0 bridgehead atoms. The zero-order chi connectivity index (χ0) is 14.8. The molecule has 1 N–H and O–H groups in total. The lowest BCUT2D eigenvalue weighted by molar-refractivity contribution is 0.115. The minimum absolute atomic E-state index is 0.501. The molecule has 0 amide bonds. The largest absolute Gasteiger partial charge is 0.317 e. The van der Waals surface area contributed by atoms with Gasteiger partial charge in [-0.3, -0.25) is 4.68 Å². The summed E-state index contributed by atoms with van der Waals surface area (Å²) in [4.78, 5) is 0. The van der Waals surface area contributed by atoms with E-state index in [4.69, 9.17) is 0 Å². The number of rotatable bonds is 5. The highest BCUT2D eigenvalue weighted by Crippen LogP contribution is 2.42. The van der Waals surface area contributed by atoms with Gasteiger partial charge in [0.25, 0.3) is 0 Å². The molecule has 1 heterocycles. The summed E-state index contributed by atoms with van der Waals surface area (Å²) >= 11 is 0. The fourth-order valence-corrected chi connectivity index (χ4v) is 3.75. The highest BCUT2D eigenvalue weighted by molar-refractivity contribution is 5.10. The second-order valence-electron chi connectivity index (χ2n) is 7.34. The molecule has 1 aliphatic carbocycles. The molecule has 1 aliphatic rings. The molecule has 1 aromatic heterocycles. The van der Waals surface area contributed by atoms with Gasteiger partial charge in [-0.25, -0.2) is 0 Å². The van der Waals surface area contributed by atoms with E-state index >= 15 is 0 Å². The van der Waals surface area contributed by atoms with E-state index in [0.717, 1.165) is 24.1 Å². The van der Waals surface area contributed by atoms with Gasteiger partial charge < -0.3 is 5.32 Å². The van der Waals surface area contributed by atoms with E-state index in [-0.39, 0.29) is 0 Å². The van der Waals surface area contributed by atoms with Crippen molar-refractivity contribution in [2.75, 3.05) is 13.1 Å². The van der Waals surface area contributed by atoms with Crippen molar-refractivity contribution in [2.45, 2.75) is 53.4 Å². The summed E-state index contributed by atoms with van der Waals surface area (Å²) in [5.41, 5.74) is 3.04. The van der Waals surface area contributed by atoms with Crippen LogP contribution in [0.4, 0.5) is 0 Å². The number of nitrogens with zero attached hydrogens (tertiary/aromatic N) is 2. The predicted molar refractivity (Wildman–Crippen MR) is 84.8 cm³/mol. The van der Waals surface area contributed by atoms with Gasteiger partial charge in [0.1, 0.15) is 0 Å². The molecule has 20 heavy (non-hydrogen) atoms. The van der Waals surface area contributed by atoms with E-state index < -0.39 is 0 Å². The lowest BCUT2D eigenvalue weighted by Gasteiger charge is -2.41. The SMILES string of the molecule is CCNCC1CCC(C)(C)CC1Cc1cc(C)nn1C. The molecule has 3 heteroatoms.